The quantitative estimate of drug-likeness (QED) is 0.184. The fraction of sp³-hybridized carbons (Fsp3) is 0.235. The molecular formula is C34H34ClN3O3. The molecule has 0 bridgehead atoms. The first-order valence-corrected chi connectivity index (χ1v) is 14.5. The maximum absolute atomic E-state index is 13.2. The van der Waals surface area contributed by atoms with E-state index in [1.54, 1.807) is 0 Å². The van der Waals surface area contributed by atoms with Gasteiger partial charge in [0.1, 0.15) is 17.2 Å². The number of nitrogens with one attached hydrogen (secondary N) is 1. The lowest BCUT2D eigenvalue weighted by Gasteiger charge is -2.16. The van der Waals surface area contributed by atoms with Crippen molar-refractivity contribution < 1.29 is 14.3 Å². The van der Waals surface area contributed by atoms with Gasteiger partial charge >= 0.3 is 6.03 Å². The molecule has 0 radical (unpaired) electrons. The molecule has 1 aliphatic heterocycles. The zero-order chi connectivity index (χ0) is 28.4. The second-order valence-electron chi connectivity index (χ2n) is 9.97. The van der Waals surface area contributed by atoms with Gasteiger partial charge < -0.3 is 14.8 Å². The number of ether oxygens (including phenoxy) is 2. The molecule has 0 spiro atoms. The SMILES string of the molecule is CCCCCCOc1ccc(Oc2ccc(NC(=O)N3CC(c4ccccc4)C(c4ccc(Cl)cc4)=N3)cc2)cc1. The van der Waals surface area contributed by atoms with E-state index in [0.717, 1.165) is 35.6 Å². The van der Waals surface area contributed by atoms with Gasteiger partial charge in [0.25, 0.3) is 0 Å². The number of anilines is 1. The normalized spacial score (nSPS) is 14.4. The number of hydrogen-bond donors (Lipinski definition) is 1. The summed E-state index contributed by atoms with van der Waals surface area (Å²) in [6.45, 7) is 3.37. The molecule has 7 heteroatoms. The number of halogens is 1. The molecule has 2 amide bonds. The van der Waals surface area contributed by atoms with E-state index in [0.29, 0.717) is 28.8 Å². The van der Waals surface area contributed by atoms with Crippen molar-refractivity contribution in [2.45, 2.75) is 38.5 Å². The molecule has 1 N–H and O–H groups in total. The van der Waals surface area contributed by atoms with Crippen LogP contribution in [0.3, 0.4) is 0 Å². The Balaban J connectivity index is 1.19. The highest BCUT2D eigenvalue weighted by Crippen LogP contribution is 2.30. The van der Waals surface area contributed by atoms with Gasteiger partial charge in [-0.05, 0) is 78.2 Å². The first-order valence-electron chi connectivity index (χ1n) is 14.1. The number of benzene rings is 4. The average Bonchev–Trinajstić information content (AvgIpc) is 3.46. The van der Waals surface area contributed by atoms with Gasteiger partial charge in [-0.1, -0.05) is 80.3 Å². The molecule has 0 saturated carbocycles. The van der Waals surface area contributed by atoms with E-state index in [2.05, 4.69) is 24.4 Å². The topological polar surface area (TPSA) is 63.2 Å². The molecule has 0 aliphatic carbocycles. The molecule has 0 fully saturated rings. The molecule has 1 heterocycles. The minimum atomic E-state index is -0.297. The molecule has 4 aromatic carbocycles. The van der Waals surface area contributed by atoms with Crippen molar-refractivity contribution in [2.24, 2.45) is 5.10 Å². The van der Waals surface area contributed by atoms with Gasteiger partial charge in [0.2, 0.25) is 0 Å². The lowest BCUT2D eigenvalue weighted by atomic mass is 9.91. The number of carbonyl (C=O) groups excluding carboxylic acids is 1. The minimum Gasteiger partial charge on any atom is -0.494 e. The van der Waals surface area contributed by atoms with Crippen molar-refractivity contribution in [3.05, 3.63) is 119 Å². The lowest BCUT2D eigenvalue weighted by molar-refractivity contribution is 0.218. The summed E-state index contributed by atoms with van der Waals surface area (Å²) < 4.78 is 11.8. The summed E-state index contributed by atoms with van der Waals surface area (Å²) >= 11 is 6.10. The Labute approximate surface area is 246 Å². The number of unbranched alkanes of at least 4 members (excludes halogenated alkanes) is 3. The Morgan fingerprint density at radius 2 is 1.51 bits per heavy atom. The van der Waals surface area contributed by atoms with E-state index in [9.17, 15) is 4.79 Å². The molecule has 5 rings (SSSR count). The van der Waals surface area contributed by atoms with E-state index < -0.39 is 0 Å². The highest BCUT2D eigenvalue weighted by Gasteiger charge is 2.32. The van der Waals surface area contributed by atoms with Gasteiger partial charge in [-0.25, -0.2) is 9.80 Å². The Bertz CT molecular complexity index is 1440. The van der Waals surface area contributed by atoms with E-state index in [1.807, 2.05) is 91.0 Å². The maximum atomic E-state index is 13.2. The highest BCUT2D eigenvalue weighted by molar-refractivity contribution is 6.30. The Morgan fingerprint density at radius 1 is 0.854 bits per heavy atom. The van der Waals surface area contributed by atoms with Gasteiger partial charge in [-0.3, -0.25) is 0 Å². The van der Waals surface area contributed by atoms with Crippen molar-refractivity contribution >= 4 is 29.0 Å². The summed E-state index contributed by atoms with van der Waals surface area (Å²) in [6.07, 6.45) is 4.71. The van der Waals surface area contributed by atoms with Gasteiger partial charge in [-0.15, -0.1) is 0 Å². The maximum Gasteiger partial charge on any atom is 0.342 e. The highest BCUT2D eigenvalue weighted by atomic mass is 35.5. The van der Waals surface area contributed by atoms with E-state index >= 15 is 0 Å². The second kappa shape index (κ2) is 13.9. The summed E-state index contributed by atoms with van der Waals surface area (Å²) in [5.74, 6) is 2.18. The van der Waals surface area contributed by atoms with Gasteiger partial charge in [0.05, 0.1) is 18.9 Å². The zero-order valence-corrected chi connectivity index (χ0v) is 23.9. The minimum absolute atomic E-state index is 0.0447. The monoisotopic (exact) mass is 567 g/mol. The largest absolute Gasteiger partial charge is 0.494 e. The van der Waals surface area contributed by atoms with Crippen molar-refractivity contribution in [2.75, 3.05) is 18.5 Å². The molecule has 0 aromatic heterocycles. The molecule has 1 unspecified atom stereocenters. The summed E-state index contributed by atoms with van der Waals surface area (Å²) in [5.41, 5.74) is 3.52. The van der Waals surface area contributed by atoms with Crippen LogP contribution in [0.2, 0.25) is 5.02 Å². The summed E-state index contributed by atoms with van der Waals surface area (Å²) in [6, 6.07) is 32.3. The molecule has 1 atom stereocenters. The van der Waals surface area contributed by atoms with Crippen LogP contribution < -0.4 is 14.8 Å². The third-order valence-electron chi connectivity index (χ3n) is 6.92. The average molecular weight is 568 g/mol. The van der Waals surface area contributed by atoms with Crippen LogP contribution in [-0.2, 0) is 0 Å². The fourth-order valence-electron chi connectivity index (χ4n) is 4.71. The van der Waals surface area contributed by atoms with Crippen LogP contribution in [0.5, 0.6) is 17.2 Å². The number of carbonyl (C=O) groups is 1. The number of hydrogen-bond acceptors (Lipinski definition) is 4. The van der Waals surface area contributed by atoms with Gasteiger partial charge in [0.15, 0.2) is 0 Å². The molecule has 6 nitrogen and oxygen atoms in total. The first kappa shape index (κ1) is 28.2. The van der Waals surface area contributed by atoms with Crippen molar-refractivity contribution in [1.82, 2.24) is 5.01 Å². The van der Waals surface area contributed by atoms with E-state index in [-0.39, 0.29) is 11.9 Å². The molecule has 1 aliphatic rings. The second-order valence-corrected chi connectivity index (χ2v) is 10.4. The van der Waals surface area contributed by atoms with E-state index in [1.165, 1.54) is 24.3 Å². The predicted molar refractivity (Wildman–Crippen MR) is 165 cm³/mol. The summed E-state index contributed by atoms with van der Waals surface area (Å²) in [4.78, 5) is 13.2. The lowest BCUT2D eigenvalue weighted by Crippen LogP contribution is -2.30. The molecule has 4 aromatic rings. The van der Waals surface area contributed by atoms with E-state index in [4.69, 9.17) is 26.2 Å². The van der Waals surface area contributed by atoms with Crippen LogP contribution in [-0.4, -0.2) is 29.9 Å². The summed E-state index contributed by atoms with van der Waals surface area (Å²) in [7, 11) is 0. The number of rotatable bonds is 11. The number of hydrazone groups is 1. The Hall–Kier alpha value is -4.29. The van der Waals surface area contributed by atoms with Gasteiger partial charge in [-0.2, -0.15) is 5.10 Å². The first-order chi connectivity index (χ1) is 20.1. The van der Waals surface area contributed by atoms with Crippen molar-refractivity contribution in [3.63, 3.8) is 0 Å². The van der Waals surface area contributed by atoms with Gasteiger partial charge in [0, 0.05) is 16.6 Å². The number of nitrogens with zero attached hydrogens (tertiary/aromatic N) is 2. The van der Waals surface area contributed by atoms with Crippen LogP contribution >= 0.6 is 11.6 Å². The smallest absolute Gasteiger partial charge is 0.342 e. The van der Waals surface area contributed by atoms with Crippen LogP contribution in [0.4, 0.5) is 10.5 Å². The summed E-state index contributed by atoms with van der Waals surface area (Å²) in [5, 5.41) is 9.81. The predicted octanol–water partition coefficient (Wildman–Crippen LogP) is 9.13. The molecule has 0 saturated heterocycles. The van der Waals surface area contributed by atoms with Crippen LogP contribution in [0, 0.1) is 0 Å². The van der Waals surface area contributed by atoms with Crippen molar-refractivity contribution in [3.8, 4) is 17.2 Å². The fourth-order valence-corrected chi connectivity index (χ4v) is 4.84. The Kier molecular flexibility index (Phi) is 9.55. The number of urea groups is 1. The number of amides is 2. The van der Waals surface area contributed by atoms with Crippen LogP contribution in [0.25, 0.3) is 0 Å². The third kappa shape index (κ3) is 7.68. The standard InChI is InChI=1S/C34H34ClN3O3/c1-2-3-4-8-23-40-29-19-21-31(22-20-29)41-30-17-15-28(16-18-30)36-34(39)38-24-32(25-9-6-5-7-10-25)33(37-38)26-11-13-27(35)14-12-26/h5-7,9-22,32H,2-4,8,23-24H2,1H3,(H,36,39). The zero-order valence-electron chi connectivity index (χ0n) is 23.1. The van der Waals surface area contributed by atoms with Crippen LogP contribution in [0.15, 0.2) is 108 Å². The molecular weight excluding hydrogens is 534 g/mol. The molecule has 41 heavy (non-hydrogen) atoms. The van der Waals surface area contributed by atoms with Crippen molar-refractivity contribution in [1.29, 1.82) is 0 Å². The molecule has 210 valence electrons. The van der Waals surface area contributed by atoms with Crippen LogP contribution in [0.1, 0.15) is 49.7 Å². The Morgan fingerprint density at radius 3 is 2.20 bits per heavy atom. The third-order valence-corrected chi connectivity index (χ3v) is 7.17.